The van der Waals surface area contributed by atoms with Gasteiger partial charge in [-0.3, -0.25) is 0 Å². The first-order valence-electron chi connectivity index (χ1n) is 13.2. The Balaban J connectivity index is 3.31. The van der Waals surface area contributed by atoms with Crippen molar-refractivity contribution in [1.82, 2.24) is 0 Å². The molecule has 4 N–H and O–H groups in total. The van der Waals surface area contributed by atoms with Crippen LogP contribution in [-0.4, -0.2) is 59.8 Å². The van der Waals surface area contributed by atoms with E-state index in [0.29, 0.717) is 16.6 Å². The van der Waals surface area contributed by atoms with Crippen molar-refractivity contribution >= 4 is 8.32 Å². The summed E-state index contributed by atoms with van der Waals surface area (Å²) < 4.78 is 7.15. The largest absolute Gasteiger partial charge is 0.412 e. The fraction of sp³-hybridized carbons (Fsp3) is 1.00. The normalized spacial score (nSPS) is 23.2. The van der Waals surface area contributed by atoms with Crippen molar-refractivity contribution in [1.29, 1.82) is 0 Å². The van der Waals surface area contributed by atoms with Gasteiger partial charge in [-0.2, -0.15) is 0 Å². The molecule has 32 heavy (non-hydrogen) atoms. The summed E-state index contributed by atoms with van der Waals surface area (Å²) in [7, 11) is -2.29. The van der Waals surface area contributed by atoms with Gasteiger partial charge in [0.2, 0.25) is 8.32 Å². The maximum atomic E-state index is 11.3. The van der Waals surface area contributed by atoms with E-state index in [1.807, 2.05) is 20.8 Å². The predicted octanol–water partition coefficient (Wildman–Crippen LogP) is 5.11. The summed E-state index contributed by atoms with van der Waals surface area (Å²) in [4.78, 5) is 0. The number of hydrogen-bond acceptors (Lipinski definition) is 5. The van der Waals surface area contributed by atoms with Crippen LogP contribution in [-0.2, 0) is 4.43 Å². The molecular weight excluding hydrogens is 420 g/mol. The monoisotopic (exact) mass is 474 g/mol. The third-order valence-corrected chi connectivity index (χ3v) is 14.6. The molecule has 0 aliphatic heterocycles. The third-order valence-electron chi connectivity index (χ3n) is 8.51. The zero-order chi connectivity index (χ0) is 24.8. The first-order chi connectivity index (χ1) is 14.8. The summed E-state index contributed by atoms with van der Waals surface area (Å²) in [6.45, 7) is 19.1. The quantitative estimate of drug-likeness (QED) is 0.278. The van der Waals surface area contributed by atoms with Crippen LogP contribution in [0.2, 0.25) is 16.6 Å². The Morgan fingerprint density at radius 1 is 0.719 bits per heavy atom. The summed E-state index contributed by atoms with van der Waals surface area (Å²) >= 11 is 0. The Morgan fingerprint density at radius 2 is 1.16 bits per heavy atom. The molecule has 0 amide bonds. The Labute approximate surface area is 199 Å². The minimum absolute atomic E-state index is 0.0963. The molecule has 192 valence electrons. The molecular formula is C26H54O5Si. The summed E-state index contributed by atoms with van der Waals surface area (Å²) in [6.07, 6.45) is 2.51. The first-order valence-corrected chi connectivity index (χ1v) is 15.3. The van der Waals surface area contributed by atoms with Gasteiger partial charge in [0.05, 0.1) is 24.4 Å². The summed E-state index contributed by atoms with van der Waals surface area (Å²) in [5, 5.41) is 43.0. The maximum Gasteiger partial charge on any atom is 0.200 e. The maximum absolute atomic E-state index is 11.3. The Hall–Kier alpha value is 0.0169. The zero-order valence-corrected chi connectivity index (χ0v) is 23.3. The highest BCUT2D eigenvalue weighted by Crippen LogP contribution is 2.45. The van der Waals surface area contributed by atoms with Crippen molar-refractivity contribution < 1.29 is 24.9 Å². The molecule has 1 aliphatic rings. The van der Waals surface area contributed by atoms with Crippen LogP contribution in [0.4, 0.5) is 0 Å². The Morgan fingerprint density at radius 3 is 1.56 bits per heavy atom. The van der Waals surface area contributed by atoms with Crippen LogP contribution >= 0.6 is 0 Å². The highest BCUT2D eigenvalue weighted by molar-refractivity contribution is 6.77. The highest BCUT2D eigenvalue weighted by atomic mass is 28.4. The van der Waals surface area contributed by atoms with Crippen LogP contribution in [0.25, 0.3) is 0 Å². The Bertz CT molecular complexity index is 499. The van der Waals surface area contributed by atoms with Crippen molar-refractivity contribution in [3.05, 3.63) is 0 Å². The van der Waals surface area contributed by atoms with Gasteiger partial charge in [0.1, 0.15) is 0 Å². The fourth-order valence-corrected chi connectivity index (χ4v) is 12.1. The minimum atomic E-state index is -2.29. The van der Waals surface area contributed by atoms with Crippen molar-refractivity contribution in [3.8, 4) is 0 Å². The molecule has 1 fully saturated rings. The molecule has 7 atom stereocenters. The van der Waals surface area contributed by atoms with Crippen LogP contribution < -0.4 is 0 Å². The molecule has 0 saturated heterocycles. The van der Waals surface area contributed by atoms with Crippen LogP contribution in [0.3, 0.4) is 0 Å². The van der Waals surface area contributed by atoms with E-state index < -0.39 is 32.7 Å². The molecule has 0 radical (unpaired) electrons. The molecule has 1 saturated carbocycles. The van der Waals surface area contributed by atoms with Gasteiger partial charge in [0, 0.05) is 24.4 Å². The molecule has 5 nitrogen and oxygen atoms in total. The van der Waals surface area contributed by atoms with E-state index in [2.05, 4.69) is 41.5 Å². The summed E-state index contributed by atoms with van der Waals surface area (Å²) in [5.41, 5.74) is 1.12. The van der Waals surface area contributed by atoms with Gasteiger partial charge in [0.25, 0.3) is 0 Å². The molecule has 1 rings (SSSR count). The zero-order valence-electron chi connectivity index (χ0n) is 22.3. The molecule has 0 heterocycles. The number of rotatable bonds is 13. The van der Waals surface area contributed by atoms with Gasteiger partial charge in [-0.15, -0.1) is 0 Å². The van der Waals surface area contributed by atoms with Crippen molar-refractivity contribution in [2.75, 3.05) is 6.61 Å². The molecule has 0 unspecified atom stereocenters. The lowest BCUT2D eigenvalue weighted by molar-refractivity contribution is -0.103. The van der Waals surface area contributed by atoms with Crippen LogP contribution in [0.1, 0.15) is 94.4 Å². The average molecular weight is 475 g/mol. The van der Waals surface area contributed by atoms with Crippen LogP contribution in [0.5, 0.6) is 0 Å². The molecule has 0 aromatic rings. The lowest BCUT2D eigenvalue weighted by atomic mass is 9.77. The molecule has 6 heteroatoms. The number of aliphatic hydroxyl groups is 4. The van der Waals surface area contributed by atoms with Gasteiger partial charge < -0.3 is 24.9 Å². The third kappa shape index (κ3) is 6.79. The lowest BCUT2D eigenvalue weighted by Gasteiger charge is -2.49. The average Bonchev–Trinajstić information content (AvgIpc) is 2.76. The van der Waals surface area contributed by atoms with Crippen molar-refractivity contribution in [3.63, 3.8) is 0 Å². The van der Waals surface area contributed by atoms with Crippen LogP contribution in [0.15, 0.2) is 0 Å². The highest BCUT2D eigenvalue weighted by Gasteiger charge is 2.50. The van der Waals surface area contributed by atoms with E-state index in [1.54, 1.807) is 0 Å². The standard InChI is InChI=1S/C26H54O5Si/c1-16(2)32(17(3)4,18(5)6)31-26(20(8)23(28)19(7)15-27)21(9)24(29)25(30)22-13-11-10-12-14-22/h16-30H,10-15H2,1-9H3/t19-,20-,21+,23-,24-,25+,26-/m1/s1. The Kier molecular flexibility index (Phi) is 12.4. The molecule has 0 aromatic carbocycles. The number of aliphatic hydroxyl groups excluding tert-OH is 4. The summed E-state index contributed by atoms with van der Waals surface area (Å²) in [5.74, 6) is -0.758. The van der Waals surface area contributed by atoms with E-state index in [4.69, 9.17) is 4.43 Å². The number of hydrogen-bond donors (Lipinski definition) is 4. The van der Waals surface area contributed by atoms with Crippen LogP contribution in [0, 0.1) is 23.7 Å². The lowest BCUT2D eigenvalue weighted by Crippen LogP contribution is -2.56. The smallest absolute Gasteiger partial charge is 0.200 e. The van der Waals surface area contributed by atoms with Gasteiger partial charge in [-0.05, 0) is 35.4 Å². The van der Waals surface area contributed by atoms with Crippen molar-refractivity contribution in [2.45, 2.75) is 135 Å². The molecule has 0 bridgehead atoms. The van der Waals surface area contributed by atoms with Gasteiger partial charge in [-0.1, -0.05) is 81.6 Å². The van der Waals surface area contributed by atoms with E-state index >= 15 is 0 Å². The minimum Gasteiger partial charge on any atom is -0.412 e. The van der Waals surface area contributed by atoms with E-state index in [-0.39, 0.29) is 30.3 Å². The second kappa shape index (κ2) is 13.2. The van der Waals surface area contributed by atoms with Crippen molar-refractivity contribution in [2.24, 2.45) is 23.7 Å². The SMILES string of the molecule is CC(C)[Si](O[C@H]([C@H](C)[C@H](O)[C@H](C)CO)[C@@H](C)[C@@H](O)[C@@H](O)C1CCCCC1)(C(C)C)C(C)C. The van der Waals surface area contributed by atoms with E-state index in [1.165, 1.54) is 6.42 Å². The predicted molar refractivity (Wildman–Crippen MR) is 135 cm³/mol. The first kappa shape index (κ1) is 30.0. The second-order valence-electron chi connectivity index (χ2n) is 11.6. The van der Waals surface area contributed by atoms with E-state index in [0.717, 1.165) is 25.7 Å². The molecule has 0 aromatic heterocycles. The van der Waals surface area contributed by atoms with Gasteiger partial charge in [-0.25, -0.2) is 0 Å². The fourth-order valence-electron chi connectivity index (χ4n) is 6.42. The molecule has 1 aliphatic carbocycles. The van der Waals surface area contributed by atoms with Gasteiger partial charge >= 0.3 is 0 Å². The van der Waals surface area contributed by atoms with E-state index in [9.17, 15) is 20.4 Å². The second-order valence-corrected chi connectivity index (χ2v) is 17.1. The van der Waals surface area contributed by atoms with Gasteiger partial charge in [0.15, 0.2) is 0 Å². The topological polar surface area (TPSA) is 90.2 Å². The summed E-state index contributed by atoms with van der Waals surface area (Å²) in [6, 6.07) is 0. The molecule has 0 spiro atoms.